The molecule has 92 heavy (non-hydrogen) atoms. The zero-order chi connectivity index (χ0) is 68.7. The summed E-state index contributed by atoms with van der Waals surface area (Å²) in [5.41, 5.74) is -1.46. The van der Waals surface area contributed by atoms with Crippen LogP contribution in [0.5, 0.6) is 0 Å². The monoisotopic (exact) mass is 1310 g/mol. The number of hydrogen-bond donors (Lipinski definition) is 4. The smallest absolute Gasteiger partial charge is 0.351 e. The van der Waals surface area contributed by atoms with Crippen LogP contribution in [0.25, 0.3) is 0 Å². The van der Waals surface area contributed by atoms with Gasteiger partial charge in [-0.3, -0.25) is 52.7 Å². The number of rotatable bonds is 11. The third-order valence-electron chi connectivity index (χ3n) is 18.0. The number of alkyl halides is 3. The molecule has 1 aliphatic carbocycles. The van der Waals surface area contributed by atoms with Crippen molar-refractivity contribution in [1.82, 2.24) is 55.6 Å². The van der Waals surface area contributed by atoms with Gasteiger partial charge in [-0.1, -0.05) is 96.7 Å². The highest BCUT2D eigenvalue weighted by Gasteiger charge is 2.48. The summed E-state index contributed by atoms with van der Waals surface area (Å²) in [4.78, 5) is 168. The number of piperidine rings is 1. The molecule has 2 heterocycles. The number of fused-ring (bicyclic) bond motifs is 1. The van der Waals surface area contributed by atoms with Gasteiger partial charge in [0.15, 0.2) is 0 Å². The van der Waals surface area contributed by atoms with Gasteiger partial charge in [-0.25, -0.2) is 0 Å². The summed E-state index contributed by atoms with van der Waals surface area (Å²) in [6, 6.07) is 2.84. The summed E-state index contributed by atoms with van der Waals surface area (Å²) in [6.45, 7) is 11.2. The number of nitrogens with zero attached hydrogens (tertiary/aromatic N) is 7. The molecule has 5 rings (SSSR count). The predicted molar refractivity (Wildman–Crippen MR) is 341 cm³/mol. The molecular formula is C66H97ClF3N11O11. The molecule has 2 aliphatic heterocycles. The number of aryl methyl sites for hydroxylation is 1. The molecule has 26 heteroatoms. The second-order valence-electron chi connectivity index (χ2n) is 26.4. The molecule has 1 unspecified atom stereocenters. The van der Waals surface area contributed by atoms with Crippen LogP contribution in [0.1, 0.15) is 142 Å². The van der Waals surface area contributed by atoms with Gasteiger partial charge >= 0.3 is 6.18 Å². The standard InChI is InChI=1S/C66H97ClF3N11O11/c1-14-42(6)57-63(91)77(10)38-55(84)75(8)39-56(85)78(11)52(36-45-22-27-47(67)28-23-45)62(90)76(9)37-53(82)72-48(29-24-44-20-25-46(26-21-44)66(68,69)70)61(89)79(12)51(34-41(4)5)60(88)74-65(30-16-17-31-65)64(92)80(13)50(33-40(2)3)59(87)71-43(7)35-54(83)81-32-18-15-19-49(81)58(86)73-57/h20-23,25-28,40-43,48-52,57H,14-19,24,29-39H2,1-13H3,(H,71,87)(H,72,82)(H,73,86)(H,74,88)/t42-,43+,48-,49?,50-,51-,52-,57-/m0/s1. The first-order chi connectivity index (χ1) is 43.1. The molecule has 0 radical (unpaired) electrons. The lowest BCUT2D eigenvalue weighted by Crippen LogP contribution is -2.64. The molecule has 8 atom stereocenters. The van der Waals surface area contributed by atoms with Crippen LogP contribution in [0.3, 0.4) is 0 Å². The van der Waals surface area contributed by atoms with Crippen molar-refractivity contribution in [3.05, 3.63) is 70.2 Å². The Hall–Kier alpha value is -7.31. The average molecular weight is 1310 g/mol. The van der Waals surface area contributed by atoms with Crippen molar-refractivity contribution >= 4 is 76.6 Å². The SMILES string of the molecule is CC[C@H](C)[C@@H]1NC(=O)C2CCCCN2C(=O)C[C@@H](C)NC(=O)[C@H](CC(C)C)N(C)C(=O)C2(CCCC2)NC(=O)[C@H](CC(C)C)N(C)C(=O)[C@H](CCc2ccc(C(F)(F)F)cc2)NC(=O)CN(C)C(=O)[C@H](Cc2ccc(Cl)cc2)N(C)C(=O)CN(C)C(=O)CN(C)C1=O. The summed E-state index contributed by atoms with van der Waals surface area (Å²) in [5, 5.41) is 12.0. The summed E-state index contributed by atoms with van der Waals surface area (Å²) in [6.07, 6.45) is -1.48. The molecular weight excluding hydrogens is 1220 g/mol. The van der Waals surface area contributed by atoms with Crippen LogP contribution in [-0.2, 0) is 71.8 Å². The second-order valence-corrected chi connectivity index (χ2v) is 26.8. The van der Waals surface area contributed by atoms with Crippen LogP contribution in [0.2, 0.25) is 5.02 Å². The Morgan fingerprint density at radius 3 is 1.74 bits per heavy atom. The van der Waals surface area contributed by atoms with Crippen molar-refractivity contribution in [1.29, 1.82) is 0 Å². The molecule has 0 bridgehead atoms. The van der Waals surface area contributed by atoms with Gasteiger partial charge in [-0.2, -0.15) is 13.2 Å². The molecule has 1 saturated carbocycles. The maximum atomic E-state index is 15.2. The quantitative estimate of drug-likeness (QED) is 0.227. The van der Waals surface area contributed by atoms with Gasteiger partial charge in [0.05, 0.1) is 25.2 Å². The number of halogens is 4. The van der Waals surface area contributed by atoms with Gasteiger partial charge in [-0.05, 0) is 118 Å². The first kappa shape index (κ1) is 75.4. The molecule has 2 saturated heterocycles. The van der Waals surface area contributed by atoms with E-state index in [0.29, 0.717) is 54.7 Å². The minimum Gasteiger partial charge on any atom is -0.351 e. The van der Waals surface area contributed by atoms with Crippen molar-refractivity contribution in [2.24, 2.45) is 17.8 Å². The zero-order valence-corrected chi connectivity index (χ0v) is 56.5. The summed E-state index contributed by atoms with van der Waals surface area (Å²) < 4.78 is 40.9. The summed E-state index contributed by atoms with van der Waals surface area (Å²) in [5.74, 6) is -7.87. The zero-order valence-electron chi connectivity index (χ0n) is 55.8. The van der Waals surface area contributed by atoms with Crippen molar-refractivity contribution in [3.8, 4) is 0 Å². The molecule has 11 amide bonds. The predicted octanol–water partition coefficient (Wildman–Crippen LogP) is 5.22. The van der Waals surface area contributed by atoms with E-state index in [-0.39, 0.29) is 69.7 Å². The number of likely N-dealkylation sites (N-methyl/N-ethyl adjacent to an activating group) is 6. The van der Waals surface area contributed by atoms with Gasteiger partial charge in [0.25, 0.3) is 0 Å². The van der Waals surface area contributed by atoms with E-state index in [1.807, 2.05) is 34.6 Å². The largest absolute Gasteiger partial charge is 0.416 e. The second kappa shape index (κ2) is 33.5. The Bertz CT molecular complexity index is 2950. The van der Waals surface area contributed by atoms with Crippen LogP contribution >= 0.6 is 11.6 Å². The van der Waals surface area contributed by atoms with E-state index in [0.717, 1.165) is 31.7 Å². The summed E-state index contributed by atoms with van der Waals surface area (Å²) in [7, 11) is 8.28. The van der Waals surface area contributed by atoms with E-state index in [1.165, 1.54) is 69.1 Å². The van der Waals surface area contributed by atoms with Gasteiger partial charge in [0.2, 0.25) is 65.0 Å². The number of benzene rings is 2. The Morgan fingerprint density at radius 1 is 0.598 bits per heavy atom. The van der Waals surface area contributed by atoms with E-state index in [4.69, 9.17) is 11.6 Å². The van der Waals surface area contributed by atoms with Crippen LogP contribution in [0.4, 0.5) is 13.2 Å². The first-order valence-electron chi connectivity index (χ1n) is 32.0. The molecule has 510 valence electrons. The third-order valence-corrected chi connectivity index (χ3v) is 18.3. The van der Waals surface area contributed by atoms with Crippen molar-refractivity contribution in [3.63, 3.8) is 0 Å². The van der Waals surface area contributed by atoms with Crippen LogP contribution in [0.15, 0.2) is 48.5 Å². The van der Waals surface area contributed by atoms with Gasteiger partial charge < -0.3 is 55.6 Å². The Labute approximate surface area is 544 Å². The number of amides is 11. The number of carbonyl (C=O) groups is 11. The normalized spacial score (nSPS) is 24.9. The molecule has 2 aromatic rings. The maximum Gasteiger partial charge on any atom is 0.416 e. The highest BCUT2D eigenvalue weighted by molar-refractivity contribution is 6.30. The topological polar surface area (TPSA) is 259 Å². The highest BCUT2D eigenvalue weighted by atomic mass is 35.5. The Morgan fingerprint density at radius 2 is 1.16 bits per heavy atom. The van der Waals surface area contributed by atoms with E-state index in [2.05, 4.69) is 21.3 Å². The van der Waals surface area contributed by atoms with Gasteiger partial charge in [0.1, 0.15) is 41.8 Å². The molecule has 1 spiro atoms. The molecule has 3 fully saturated rings. The fourth-order valence-electron chi connectivity index (χ4n) is 12.2. The Kier molecular flexibility index (Phi) is 27.5. The molecule has 2 aromatic carbocycles. The lowest BCUT2D eigenvalue weighted by atomic mass is 9.91. The maximum absolute atomic E-state index is 15.2. The van der Waals surface area contributed by atoms with E-state index < -0.39 is 150 Å². The number of carbonyl (C=O) groups excluding carboxylic acids is 11. The highest BCUT2D eigenvalue weighted by Crippen LogP contribution is 2.34. The summed E-state index contributed by atoms with van der Waals surface area (Å²) >= 11 is 6.21. The van der Waals surface area contributed by atoms with E-state index in [1.54, 1.807) is 38.1 Å². The van der Waals surface area contributed by atoms with E-state index in [9.17, 15) is 51.5 Å². The lowest BCUT2D eigenvalue weighted by Gasteiger charge is -2.39. The van der Waals surface area contributed by atoms with Crippen molar-refractivity contribution in [2.75, 3.05) is 68.5 Å². The molecule has 22 nitrogen and oxygen atoms in total. The first-order valence-corrected chi connectivity index (χ1v) is 32.4. The van der Waals surface area contributed by atoms with Crippen LogP contribution in [-0.4, -0.2) is 216 Å². The fraction of sp³-hybridized carbons (Fsp3) is 0.652. The number of nitrogens with one attached hydrogen (secondary N) is 4. The van der Waals surface area contributed by atoms with Crippen molar-refractivity contribution in [2.45, 2.75) is 192 Å². The Balaban J connectivity index is 1.57. The molecule has 4 N–H and O–H groups in total. The minimum atomic E-state index is -4.63. The van der Waals surface area contributed by atoms with Crippen molar-refractivity contribution < 1.29 is 65.9 Å². The lowest BCUT2D eigenvalue weighted by molar-refractivity contribution is -0.149. The van der Waals surface area contributed by atoms with Crippen LogP contribution < -0.4 is 21.3 Å². The molecule has 3 aliphatic rings. The van der Waals surface area contributed by atoms with Gasteiger partial charge in [-0.15, -0.1) is 0 Å². The number of hydrogen-bond acceptors (Lipinski definition) is 11. The minimum absolute atomic E-state index is 0.0298. The third kappa shape index (κ3) is 20.3. The van der Waals surface area contributed by atoms with E-state index >= 15 is 14.4 Å². The van der Waals surface area contributed by atoms with Gasteiger partial charge in [0, 0.05) is 72.7 Å². The fourth-order valence-corrected chi connectivity index (χ4v) is 12.3. The van der Waals surface area contributed by atoms with Crippen LogP contribution in [0, 0.1) is 17.8 Å². The molecule has 0 aromatic heterocycles. The average Bonchev–Trinajstić information content (AvgIpc) is 1.48.